The molecular weight excluding hydrogens is 380 g/mol. The zero-order valence-electron chi connectivity index (χ0n) is 15.2. The molecule has 150 valence electrons. The largest absolute Gasteiger partial charge is 0.452 e. The number of carbonyl (C=O) groups excluding carboxylic acids is 2. The molecule has 0 unspecified atom stereocenters. The first kappa shape index (κ1) is 21.3. The van der Waals surface area contributed by atoms with Crippen molar-refractivity contribution in [1.29, 1.82) is 0 Å². The van der Waals surface area contributed by atoms with Gasteiger partial charge in [-0.25, -0.2) is 13.2 Å². The summed E-state index contributed by atoms with van der Waals surface area (Å²) in [7, 11) is -4.72. The highest BCUT2D eigenvalue weighted by Crippen LogP contribution is 2.29. The Morgan fingerprint density at radius 2 is 1.81 bits per heavy atom. The fraction of sp³-hybridized carbons (Fsp3) is 0.556. The SMILES string of the molecule is C[C@H]1[C@@H](NC(=O)COC(=O)c2ccc(S(=O)(=O)C(F)F)cc2)CCC[C@@H]1C. The van der Waals surface area contributed by atoms with Gasteiger partial charge < -0.3 is 10.1 Å². The molecule has 1 amide bonds. The number of carbonyl (C=O) groups is 2. The van der Waals surface area contributed by atoms with E-state index in [2.05, 4.69) is 19.2 Å². The summed E-state index contributed by atoms with van der Waals surface area (Å²) in [5, 5.41) is 2.87. The highest BCUT2D eigenvalue weighted by atomic mass is 32.2. The van der Waals surface area contributed by atoms with Gasteiger partial charge in [0, 0.05) is 6.04 Å². The van der Waals surface area contributed by atoms with Gasteiger partial charge in [-0.1, -0.05) is 26.7 Å². The van der Waals surface area contributed by atoms with E-state index in [1.165, 1.54) is 0 Å². The standard InChI is InChI=1S/C18H23F2NO5S/c1-11-4-3-5-15(12(11)2)21-16(22)10-26-17(23)13-6-8-14(9-7-13)27(24,25)18(19)20/h6-9,11-12,15,18H,3-5,10H2,1-2H3,(H,21,22)/t11-,12+,15-/m0/s1. The summed E-state index contributed by atoms with van der Waals surface area (Å²) in [5.41, 5.74) is -0.0318. The van der Waals surface area contributed by atoms with Crippen LogP contribution in [0.3, 0.4) is 0 Å². The van der Waals surface area contributed by atoms with E-state index in [1.807, 2.05) is 0 Å². The Kier molecular flexibility index (Phi) is 6.91. The third kappa shape index (κ3) is 5.24. The predicted octanol–water partition coefficient (Wildman–Crippen LogP) is 2.78. The molecular formula is C18H23F2NO5S. The van der Waals surface area contributed by atoms with Crippen LogP contribution < -0.4 is 5.32 Å². The van der Waals surface area contributed by atoms with Gasteiger partial charge in [-0.3, -0.25) is 4.79 Å². The van der Waals surface area contributed by atoms with Gasteiger partial charge in [0.1, 0.15) is 0 Å². The summed E-state index contributed by atoms with van der Waals surface area (Å²) in [6.45, 7) is 3.75. The van der Waals surface area contributed by atoms with Crippen molar-refractivity contribution in [2.45, 2.75) is 49.8 Å². The van der Waals surface area contributed by atoms with Gasteiger partial charge in [-0.15, -0.1) is 0 Å². The molecule has 1 aromatic rings. The molecule has 0 aromatic heterocycles. The minimum atomic E-state index is -4.72. The van der Waals surface area contributed by atoms with Crippen molar-refractivity contribution < 1.29 is 31.5 Å². The Bertz CT molecular complexity index is 779. The Morgan fingerprint density at radius 1 is 1.19 bits per heavy atom. The highest BCUT2D eigenvalue weighted by molar-refractivity contribution is 7.91. The van der Waals surface area contributed by atoms with E-state index in [-0.39, 0.29) is 11.6 Å². The van der Waals surface area contributed by atoms with Gasteiger partial charge in [0.2, 0.25) is 9.84 Å². The molecule has 0 spiro atoms. The quantitative estimate of drug-likeness (QED) is 0.738. The Morgan fingerprint density at radius 3 is 2.41 bits per heavy atom. The van der Waals surface area contributed by atoms with Crippen LogP contribution >= 0.6 is 0 Å². The van der Waals surface area contributed by atoms with Crippen molar-refractivity contribution in [3.05, 3.63) is 29.8 Å². The number of amides is 1. The first-order valence-electron chi connectivity index (χ1n) is 8.71. The normalized spacial score (nSPS) is 23.1. The number of ether oxygens (including phenoxy) is 1. The minimum absolute atomic E-state index is 0.0318. The molecule has 0 saturated heterocycles. The van der Waals surface area contributed by atoms with Crippen molar-refractivity contribution >= 4 is 21.7 Å². The molecule has 9 heteroatoms. The summed E-state index contributed by atoms with van der Waals surface area (Å²) in [5.74, 6) is -3.94. The average Bonchev–Trinajstić information content (AvgIpc) is 2.63. The van der Waals surface area contributed by atoms with E-state index >= 15 is 0 Å². The summed E-state index contributed by atoms with van der Waals surface area (Å²) in [6.07, 6.45) is 3.04. The summed E-state index contributed by atoms with van der Waals surface area (Å²) >= 11 is 0. The average molecular weight is 403 g/mol. The van der Waals surface area contributed by atoms with E-state index in [9.17, 15) is 26.8 Å². The summed E-state index contributed by atoms with van der Waals surface area (Å²) < 4.78 is 52.6. The lowest BCUT2D eigenvalue weighted by molar-refractivity contribution is -0.125. The lowest BCUT2D eigenvalue weighted by Gasteiger charge is -2.34. The van der Waals surface area contributed by atoms with Gasteiger partial charge in [-0.2, -0.15) is 8.78 Å². The maximum absolute atomic E-state index is 12.5. The van der Waals surface area contributed by atoms with Crippen molar-refractivity contribution in [3.8, 4) is 0 Å². The smallest absolute Gasteiger partial charge is 0.341 e. The molecule has 0 bridgehead atoms. The molecule has 1 saturated carbocycles. The third-order valence-electron chi connectivity index (χ3n) is 5.04. The van der Waals surface area contributed by atoms with E-state index in [0.717, 1.165) is 43.5 Å². The maximum Gasteiger partial charge on any atom is 0.341 e. The molecule has 1 N–H and O–H groups in total. The minimum Gasteiger partial charge on any atom is -0.452 e. The lowest BCUT2D eigenvalue weighted by Crippen LogP contribution is -2.45. The van der Waals surface area contributed by atoms with Gasteiger partial charge in [0.05, 0.1) is 10.5 Å². The van der Waals surface area contributed by atoms with E-state index in [0.29, 0.717) is 11.8 Å². The van der Waals surface area contributed by atoms with Gasteiger partial charge >= 0.3 is 11.7 Å². The van der Waals surface area contributed by atoms with Crippen LogP contribution in [0.1, 0.15) is 43.5 Å². The molecule has 0 heterocycles. The zero-order chi connectivity index (χ0) is 20.2. The van der Waals surface area contributed by atoms with Crippen molar-refractivity contribution in [2.24, 2.45) is 11.8 Å². The second kappa shape index (κ2) is 8.77. The molecule has 1 aromatic carbocycles. The number of halogens is 2. The fourth-order valence-corrected chi connectivity index (χ4v) is 3.85. The van der Waals surface area contributed by atoms with Crippen LogP contribution in [0.25, 0.3) is 0 Å². The van der Waals surface area contributed by atoms with Crippen LogP contribution in [0.15, 0.2) is 29.2 Å². The fourth-order valence-electron chi connectivity index (χ4n) is 3.13. The van der Waals surface area contributed by atoms with Crippen LogP contribution in [0, 0.1) is 11.8 Å². The van der Waals surface area contributed by atoms with Crippen LogP contribution in [0.2, 0.25) is 0 Å². The van der Waals surface area contributed by atoms with Gasteiger partial charge in [0.25, 0.3) is 5.91 Å². The Hall–Kier alpha value is -2.03. The van der Waals surface area contributed by atoms with E-state index < -0.39 is 39.0 Å². The molecule has 2 rings (SSSR count). The Labute approximate surface area is 157 Å². The number of alkyl halides is 2. The third-order valence-corrected chi connectivity index (χ3v) is 6.44. The topological polar surface area (TPSA) is 89.5 Å². The highest BCUT2D eigenvalue weighted by Gasteiger charge is 2.29. The maximum atomic E-state index is 12.5. The molecule has 0 aliphatic heterocycles. The Balaban J connectivity index is 1.89. The number of esters is 1. The van der Waals surface area contributed by atoms with Crippen molar-refractivity contribution in [1.82, 2.24) is 5.32 Å². The van der Waals surface area contributed by atoms with Gasteiger partial charge in [-0.05, 0) is 42.5 Å². The van der Waals surface area contributed by atoms with Crippen molar-refractivity contribution in [3.63, 3.8) is 0 Å². The zero-order valence-corrected chi connectivity index (χ0v) is 16.0. The molecule has 27 heavy (non-hydrogen) atoms. The van der Waals surface area contributed by atoms with Crippen LogP contribution in [-0.2, 0) is 19.4 Å². The van der Waals surface area contributed by atoms with Crippen LogP contribution in [0.4, 0.5) is 8.78 Å². The van der Waals surface area contributed by atoms with Crippen LogP contribution in [-0.4, -0.2) is 38.7 Å². The lowest BCUT2D eigenvalue weighted by atomic mass is 9.78. The molecule has 0 radical (unpaired) electrons. The van der Waals surface area contributed by atoms with E-state index in [4.69, 9.17) is 4.74 Å². The number of hydrogen-bond acceptors (Lipinski definition) is 5. The monoisotopic (exact) mass is 403 g/mol. The van der Waals surface area contributed by atoms with Gasteiger partial charge in [0.15, 0.2) is 6.61 Å². The number of benzene rings is 1. The van der Waals surface area contributed by atoms with E-state index in [1.54, 1.807) is 0 Å². The first-order chi connectivity index (χ1) is 12.6. The second-order valence-electron chi connectivity index (χ2n) is 6.85. The summed E-state index contributed by atoms with van der Waals surface area (Å²) in [6, 6.07) is 3.99. The number of rotatable bonds is 6. The predicted molar refractivity (Wildman–Crippen MR) is 94.0 cm³/mol. The first-order valence-corrected chi connectivity index (χ1v) is 10.3. The second-order valence-corrected chi connectivity index (χ2v) is 8.77. The summed E-state index contributed by atoms with van der Waals surface area (Å²) in [4.78, 5) is 23.4. The van der Waals surface area contributed by atoms with Crippen molar-refractivity contribution in [2.75, 3.05) is 6.61 Å². The number of hydrogen-bond donors (Lipinski definition) is 1. The molecule has 3 atom stereocenters. The molecule has 6 nitrogen and oxygen atoms in total. The molecule has 1 aliphatic rings. The molecule has 1 aliphatic carbocycles. The molecule has 1 fully saturated rings. The number of nitrogens with one attached hydrogen (secondary N) is 1. The van der Waals surface area contributed by atoms with Crippen LogP contribution in [0.5, 0.6) is 0 Å². The number of sulfone groups is 1.